The number of hydrogen-bond donors (Lipinski definition) is 3. The third-order valence-corrected chi connectivity index (χ3v) is 5.88. The zero-order chi connectivity index (χ0) is 24.3. The zero-order valence-electron chi connectivity index (χ0n) is 18.9. The van der Waals surface area contributed by atoms with Gasteiger partial charge in [0.1, 0.15) is 0 Å². The van der Waals surface area contributed by atoms with Crippen LogP contribution in [0.15, 0.2) is 36.4 Å². The maximum atomic E-state index is 13.7. The lowest BCUT2D eigenvalue weighted by molar-refractivity contribution is -0.120. The number of rotatable bonds is 8. The SMILES string of the molecule is CC(=O)NC1(c2ccc(C(C)C)cc2CCCCOC(=O)O)C(=O)c2cccc(N)c2C1=O. The Kier molecular flexibility index (Phi) is 6.86. The summed E-state index contributed by atoms with van der Waals surface area (Å²) in [5.41, 5.74) is 6.79. The van der Waals surface area contributed by atoms with Gasteiger partial charge >= 0.3 is 6.16 Å². The Balaban J connectivity index is 2.11. The first-order chi connectivity index (χ1) is 15.6. The van der Waals surface area contributed by atoms with Crippen LogP contribution in [0, 0.1) is 0 Å². The molecule has 0 aromatic heterocycles. The zero-order valence-corrected chi connectivity index (χ0v) is 18.9. The molecule has 0 bridgehead atoms. The van der Waals surface area contributed by atoms with Crippen molar-refractivity contribution in [3.8, 4) is 0 Å². The van der Waals surface area contributed by atoms with Gasteiger partial charge in [0.25, 0.3) is 0 Å². The largest absolute Gasteiger partial charge is 0.505 e. The number of aryl methyl sites for hydroxylation is 1. The number of hydrogen-bond acceptors (Lipinski definition) is 6. The van der Waals surface area contributed by atoms with E-state index in [9.17, 15) is 19.2 Å². The maximum absolute atomic E-state index is 13.7. The molecule has 1 aliphatic rings. The summed E-state index contributed by atoms with van der Waals surface area (Å²) in [7, 11) is 0. The molecule has 0 heterocycles. The fraction of sp³-hybridized carbons (Fsp3) is 0.360. The summed E-state index contributed by atoms with van der Waals surface area (Å²) >= 11 is 0. The van der Waals surface area contributed by atoms with E-state index < -0.39 is 29.2 Å². The van der Waals surface area contributed by atoms with Crippen LogP contribution < -0.4 is 11.1 Å². The lowest BCUT2D eigenvalue weighted by Gasteiger charge is -2.30. The minimum absolute atomic E-state index is 0.0468. The Morgan fingerprint density at radius 1 is 1.12 bits per heavy atom. The molecule has 0 spiro atoms. The quantitative estimate of drug-likeness (QED) is 0.240. The van der Waals surface area contributed by atoms with Crippen LogP contribution >= 0.6 is 0 Å². The van der Waals surface area contributed by atoms with Crippen molar-refractivity contribution in [2.75, 3.05) is 12.3 Å². The van der Waals surface area contributed by atoms with E-state index in [1.165, 1.54) is 6.92 Å². The molecule has 1 amide bonds. The number of carbonyl (C=O) groups is 4. The highest BCUT2D eigenvalue weighted by Crippen LogP contribution is 2.42. The molecule has 33 heavy (non-hydrogen) atoms. The number of nitrogens with two attached hydrogens (primary N) is 1. The van der Waals surface area contributed by atoms with Gasteiger partial charge in [0.15, 0.2) is 5.54 Å². The Labute approximate surface area is 192 Å². The first-order valence-electron chi connectivity index (χ1n) is 10.9. The van der Waals surface area contributed by atoms with Crippen LogP contribution in [0.25, 0.3) is 0 Å². The molecule has 0 aliphatic heterocycles. The fourth-order valence-corrected chi connectivity index (χ4v) is 4.32. The average molecular weight is 453 g/mol. The van der Waals surface area contributed by atoms with Crippen molar-refractivity contribution in [1.82, 2.24) is 5.32 Å². The van der Waals surface area contributed by atoms with Crippen molar-refractivity contribution in [3.63, 3.8) is 0 Å². The van der Waals surface area contributed by atoms with E-state index in [1.54, 1.807) is 24.3 Å². The second-order valence-corrected chi connectivity index (χ2v) is 8.50. The molecule has 2 aromatic rings. The van der Waals surface area contributed by atoms with E-state index in [4.69, 9.17) is 10.8 Å². The molecule has 174 valence electrons. The monoisotopic (exact) mass is 452 g/mol. The summed E-state index contributed by atoms with van der Waals surface area (Å²) in [5.74, 6) is -1.38. The standard InChI is InChI=1S/C25H28N2O6/c1-14(2)16-10-11-19(17(13-16)7-4-5-12-33-24(31)32)25(27-15(3)28)22(29)18-8-6-9-20(26)21(18)23(25)30/h6,8-11,13-14H,4-5,7,12,26H2,1-3H3,(H,27,28)(H,31,32). The van der Waals surface area contributed by atoms with Gasteiger partial charge in [0.2, 0.25) is 17.5 Å². The highest BCUT2D eigenvalue weighted by Gasteiger charge is 2.56. The normalized spacial score (nSPS) is 17.2. The van der Waals surface area contributed by atoms with E-state index >= 15 is 0 Å². The number of nitrogens with one attached hydrogen (secondary N) is 1. The van der Waals surface area contributed by atoms with E-state index in [1.807, 2.05) is 26.0 Å². The first kappa shape index (κ1) is 24.0. The number of ether oxygens (including phenoxy) is 1. The number of nitrogen functional groups attached to an aromatic ring is 1. The second kappa shape index (κ2) is 9.44. The number of benzene rings is 2. The van der Waals surface area contributed by atoms with Gasteiger partial charge in [-0.2, -0.15) is 0 Å². The van der Waals surface area contributed by atoms with E-state index in [2.05, 4.69) is 10.1 Å². The van der Waals surface area contributed by atoms with Crippen LogP contribution in [0.5, 0.6) is 0 Å². The van der Waals surface area contributed by atoms with Crippen molar-refractivity contribution >= 4 is 29.3 Å². The summed E-state index contributed by atoms with van der Waals surface area (Å²) in [4.78, 5) is 50.2. The molecule has 1 aliphatic carbocycles. The molecular formula is C25H28N2O6. The number of unbranched alkanes of at least 4 members (excludes halogenated alkanes) is 1. The van der Waals surface area contributed by atoms with Crippen LogP contribution in [0.4, 0.5) is 10.5 Å². The molecular weight excluding hydrogens is 424 g/mol. The third kappa shape index (κ3) is 4.46. The summed E-state index contributed by atoms with van der Waals surface area (Å²) in [5, 5.41) is 11.3. The van der Waals surface area contributed by atoms with Crippen LogP contribution in [-0.2, 0) is 21.5 Å². The Morgan fingerprint density at radius 2 is 1.85 bits per heavy atom. The molecule has 8 nitrogen and oxygen atoms in total. The fourth-order valence-electron chi connectivity index (χ4n) is 4.32. The van der Waals surface area contributed by atoms with Gasteiger partial charge in [0, 0.05) is 18.2 Å². The lowest BCUT2D eigenvalue weighted by Crippen LogP contribution is -2.54. The van der Waals surface area contributed by atoms with Gasteiger partial charge in [-0.25, -0.2) is 4.79 Å². The second-order valence-electron chi connectivity index (χ2n) is 8.50. The Morgan fingerprint density at radius 3 is 2.45 bits per heavy atom. The number of anilines is 1. The number of amides is 1. The van der Waals surface area contributed by atoms with Crippen LogP contribution in [0.2, 0.25) is 0 Å². The Bertz CT molecular complexity index is 1120. The lowest BCUT2D eigenvalue weighted by atomic mass is 9.79. The highest BCUT2D eigenvalue weighted by molar-refractivity contribution is 6.35. The highest BCUT2D eigenvalue weighted by atomic mass is 16.7. The van der Waals surface area contributed by atoms with Gasteiger partial charge in [-0.3, -0.25) is 14.4 Å². The molecule has 1 unspecified atom stereocenters. The van der Waals surface area contributed by atoms with Gasteiger partial charge in [-0.05, 0) is 47.9 Å². The molecule has 2 aromatic carbocycles. The van der Waals surface area contributed by atoms with Gasteiger partial charge < -0.3 is 20.9 Å². The maximum Gasteiger partial charge on any atom is 0.505 e. The number of Topliss-reactive ketones (excluding diaryl/α,β-unsaturated/α-hetero) is 2. The summed E-state index contributed by atoms with van der Waals surface area (Å²) in [6.45, 7) is 5.38. The van der Waals surface area contributed by atoms with Crippen molar-refractivity contribution in [2.24, 2.45) is 0 Å². The van der Waals surface area contributed by atoms with Crippen LogP contribution in [0.3, 0.4) is 0 Å². The third-order valence-electron chi connectivity index (χ3n) is 5.88. The molecule has 0 fully saturated rings. The molecule has 1 atom stereocenters. The average Bonchev–Trinajstić information content (AvgIpc) is 2.96. The van der Waals surface area contributed by atoms with Crippen LogP contribution in [0.1, 0.15) is 76.9 Å². The van der Waals surface area contributed by atoms with Crippen molar-refractivity contribution in [2.45, 2.75) is 51.5 Å². The van der Waals surface area contributed by atoms with E-state index in [0.717, 1.165) is 11.1 Å². The topological polar surface area (TPSA) is 136 Å². The van der Waals surface area contributed by atoms with E-state index in [-0.39, 0.29) is 29.3 Å². The predicted octanol–water partition coefficient (Wildman–Crippen LogP) is 3.82. The van der Waals surface area contributed by atoms with Gasteiger partial charge in [0.05, 0.1) is 12.2 Å². The Hall–Kier alpha value is -3.68. The molecule has 8 heteroatoms. The minimum Gasteiger partial charge on any atom is -0.450 e. The number of ketones is 2. The van der Waals surface area contributed by atoms with E-state index in [0.29, 0.717) is 24.8 Å². The molecule has 3 rings (SSSR count). The van der Waals surface area contributed by atoms with Crippen molar-refractivity contribution in [1.29, 1.82) is 0 Å². The van der Waals surface area contributed by atoms with Crippen LogP contribution in [-0.4, -0.2) is 35.3 Å². The number of fused-ring (bicyclic) bond motifs is 1. The first-order valence-corrected chi connectivity index (χ1v) is 10.9. The summed E-state index contributed by atoms with van der Waals surface area (Å²) in [6, 6.07) is 10.2. The molecule has 0 saturated heterocycles. The predicted molar refractivity (Wildman–Crippen MR) is 122 cm³/mol. The van der Waals surface area contributed by atoms with Gasteiger partial charge in [-0.15, -0.1) is 0 Å². The molecule has 4 N–H and O–H groups in total. The van der Waals surface area contributed by atoms with Gasteiger partial charge in [-0.1, -0.05) is 44.2 Å². The molecule has 0 saturated carbocycles. The number of carbonyl (C=O) groups excluding carboxylic acids is 3. The van der Waals surface area contributed by atoms with Crippen molar-refractivity contribution in [3.05, 3.63) is 64.2 Å². The minimum atomic E-state index is -1.90. The smallest absolute Gasteiger partial charge is 0.450 e. The summed E-state index contributed by atoms with van der Waals surface area (Å²) < 4.78 is 4.57. The summed E-state index contributed by atoms with van der Waals surface area (Å²) in [6.07, 6.45) is 0.168. The molecule has 0 radical (unpaired) electrons. The number of carboxylic acid groups (broad SMARTS) is 1. The van der Waals surface area contributed by atoms with Crippen molar-refractivity contribution < 1.29 is 29.0 Å².